The smallest absolute Gasteiger partial charge is 0.223 e. The molecule has 0 heterocycles. The molecule has 102 valence electrons. The summed E-state index contributed by atoms with van der Waals surface area (Å²) in [6.45, 7) is 4.47. The Kier molecular flexibility index (Phi) is 4.25. The normalized spacial score (nSPS) is 29.8. The molecular weight excluding hydrogens is 244 g/mol. The number of hydrogen-bond donors (Lipinski definition) is 1. The molecule has 0 saturated heterocycles. The van der Waals surface area contributed by atoms with E-state index in [2.05, 4.69) is 0 Å². The maximum Gasteiger partial charge on any atom is 0.223 e. The molecular formula is C14H24N2OS. The standard InChI is InChI=1S/C14H24N2OS/c1-9(2)16(8-13(15)18)14(17)7-12-6-10-3-4-11(12)5-10/h9-12H,3-8H2,1-2H3,(H2,15,18). The number of thiocarbonyl (C=S) groups is 1. The van der Waals surface area contributed by atoms with Gasteiger partial charge in [-0.1, -0.05) is 18.6 Å². The lowest BCUT2D eigenvalue weighted by atomic mass is 9.86. The van der Waals surface area contributed by atoms with E-state index >= 15 is 0 Å². The lowest BCUT2D eigenvalue weighted by molar-refractivity contribution is -0.133. The van der Waals surface area contributed by atoms with Gasteiger partial charge in [-0.3, -0.25) is 4.79 Å². The fraction of sp³-hybridized carbons (Fsp3) is 0.857. The van der Waals surface area contributed by atoms with Gasteiger partial charge in [-0.15, -0.1) is 0 Å². The van der Waals surface area contributed by atoms with Crippen LogP contribution in [0.5, 0.6) is 0 Å². The third-order valence-corrected chi connectivity index (χ3v) is 4.72. The minimum Gasteiger partial charge on any atom is -0.392 e. The van der Waals surface area contributed by atoms with E-state index in [0.29, 0.717) is 23.9 Å². The number of nitrogens with two attached hydrogens (primary N) is 1. The summed E-state index contributed by atoms with van der Waals surface area (Å²) >= 11 is 4.93. The van der Waals surface area contributed by atoms with Crippen molar-refractivity contribution >= 4 is 23.1 Å². The molecule has 18 heavy (non-hydrogen) atoms. The van der Waals surface area contributed by atoms with Crippen molar-refractivity contribution in [2.24, 2.45) is 23.5 Å². The largest absolute Gasteiger partial charge is 0.392 e. The highest BCUT2D eigenvalue weighted by molar-refractivity contribution is 7.80. The summed E-state index contributed by atoms with van der Waals surface area (Å²) in [7, 11) is 0. The van der Waals surface area contributed by atoms with Gasteiger partial charge in [-0.25, -0.2) is 0 Å². The van der Waals surface area contributed by atoms with Crippen LogP contribution in [0.15, 0.2) is 0 Å². The van der Waals surface area contributed by atoms with Crippen LogP contribution >= 0.6 is 12.2 Å². The number of nitrogens with zero attached hydrogens (tertiary/aromatic N) is 1. The predicted molar refractivity (Wildman–Crippen MR) is 77.2 cm³/mol. The number of hydrogen-bond acceptors (Lipinski definition) is 2. The molecule has 0 aromatic heterocycles. The van der Waals surface area contributed by atoms with Crippen LogP contribution in [-0.2, 0) is 4.79 Å². The van der Waals surface area contributed by atoms with Crippen LogP contribution in [0.2, 0.25) is 0 Å². The van der Waals surface area contributed by atoms with E-state index in [1.165, 1.54) is 25.7 Å². The lowest BCUT2D eigenvalue weighted by Gasteiger charge is -2.29. The molecule has 2 saturated carbocycles. The zero-order valence-electron chi connectivity index (χ0n) is 11.4. The SMILES string of the molecule is CC(C)N(CC(N)=S)C(=O)CC1CC2CCC1C2. The lowest BCUT2D eigenvalue weighted by Crippen LogP contribution is -2.43. The zero-order valence-corrected chi connectivity index (χ0v) is 12.2. The highest BCUT2D eigenvalue weighted by Gasteiger charge is 2.40. The quantitative estimate of drug-likeness (QED) is 0.779. The highest BCUT2D eigenvalue weighted by Crippen LogP contribution is 2.49. The molecule has 2 bridgehead atoms. The summed E-state index contributed by atoms with van der Waals surface area (Å²) in [5.74, 6) is 2.55. The summed E-state index contributed by atoms with van der Waals surface area (Å²) < 4.78 is 0. The molecule has 0 aromatic rings. The van der Waals surface area contributed by atoms with E-state index in [1.807, 2.05) is 18.7 Å². The highest BCUT2D eigenvalue weighted by atomic mass is 32.1. The second-order valence-corrected chi connectivity index (χ2v) is 6.75. The molecule has 1 amide bonds. The Bertz CT molecular complexity index is 343. The Morgan fingerprint density at radius 1 is 1.39 bits per heavy atom. The van der Waals surface area contributed by atoms with E-state index in [1.54, 1.807) is 0 Å². The molecule has 3 atom stereocenters. The number of fused-ring (bicyclic) bond motifs is 2. The second kappa shape index (κ2) is 5.55. The molecule has 0 aliphatic heterocycles. The van der Waals surface area contributed by atoms with Crippen molar-refractivity contribution in [2.45, 2.75) is 52.0 Å². The first-order chi connectivity index (χ1) is 8.47. The molecule has 2 fully saturated rings. The molecule has 0 radical (unpaired) electrons. The van der Waals surface area contributed by atoms with Gasteiger partial charge in [0, 0.05) is 12.5 Å². The van der Waals surface area contributed by atoms with Crippen molar-refractivity contribution in [2.75, 3.05) is 6.54 Å². The Labute approximate surface area is 115 Å². The van der Waals surface area contributed by atoms with Crippen LogP contribution < -0.4 is 5.73 Å². The summed E-state index contributed by atoms with van der Waals surface area (Å²) in [6.07, 6.45) is 6.03. The van der Waals surface area contributed by atoms with E-state index in [4.69, 9.17) is 18.0 Å². The minimum absolute atomic E-state index is 0.178. The van der Waals surface area contributed by atoms with Gasteiger partial charge in [0.05, 0.1) is 11.5 Å². The Morgan fingerprint density at radius 3 is 2.56 bits per heavy atom. The maximum atomic E-state index is 12.4. The second-order valence-electron chi connectivity index (χ2n) is 6.22. The van der Waals surface area contributed by atoms with Crippen molar-refractivity contribution in [3.8, 4) is 0 Å². The zero-order chi connectivity index (χ0) is 13.3. The molecule has 4 heteroatoms. The van der Waals surface area contributed by atoms with Crippen molar-refractivity contribution < 1.29 is 4.79 Å². The fourth-order valence-electron chi connectivity index (χ4n) is 3.69. The number of carbonyl (C=O) groups excluding carboxylic acids is 1. The minimum atomic E-state index is 0.178. The average Bonchev–Trinajstić information content (AvgIpc) is 2.86. The van der Waals surface area contributed by atoms with E-state index in [-0.39, 0.29) is 11.9 Å². The van der Waals surface area contributed by atoms with Crippen LogP contribution in [0.4, 0.5) is 0 Å². The average molecular weight is 268 g/mol. The first kappa shape index (κ1) is 13.8. The van der Waals surface area contributed by atoms with Crippen molar-refractivity contribution in [3.05, 3.63) is 0 Å². The molecule has 0 aromatic carbocycles. The maximum absolute atomic E-state index is 12.4. The first-order valence-electron chi connectivity index (χ1n) is 7.05. The van der Waals surface area contributed by atoms with Gasteiger partial charge in [0.1, 0.15) is 0 Å². The molecule has 0 spiro atoms. The topological polar surface area (TPSA) is 46.3 Å². The molecule has 2 aliphatic rings. The third kappa shape index (κ3) is 3.02. The number of carbonyl (C=O) groups is 1. The van der Waals surface area contributed by atoms with E-state index in [9.17, 15) is 4.79 Å². The van der Waals surface area contributed by atoms with Gasteiger partial charge in [0.15, 0.2) is 0 Å². The molecule has 2 rings (SSSR count). The van der Waals surface area contributed by atoms with Crippen LogP contribution in [-0.4, -0.2) is 28.4 Å². The first-order valence-corrected chi connectivity index (χ1v) is 7.46. The Morgan fingerprint density at radius 2 is 2.11 bits per heavy atom. The monoisotopic (exact) mass is 268 g/mol. The van der Waals surface area contributed by atoms with E-state index in [0.717, 1.165) is 11.8 Å². The van der Waals surface area contributed by atoms with E-state index < -0.39 is 0 Å². The summed E-state index contributed by atoms with van der Waals surface area (Å²) in [4.78, 5) is 14.6. The van der Waals surface area contributed by atoms with Gasteiger partial charge in [0.2, 0.25) is 5.91 Å². The third-order valence-electron chi connectivity index (χ3n) is 4.59. The summed E-state index contributed by atoms with van der Waals surface area (Å²) in [6, 6.07) is 0.178. The molecule has 3 unspecified atom stereocenters. The Balaban J connectivity index is 1.91. The summed E-state index contributed by atoms with van der Waals surface area (Å²) in [5, 5.41) is 0. The van der Waals surface area contributed by atoms with Crippen LogP contribution in [0.25, 0.3) is 0 Å². The predicted octanol–water partition coefficient (Wildman–Crippen LogP) is 2.34. The molecule has 3 nitrogen and oxygen atoms in total. The molecule has 2 N–H and O–H groups in total. The van der Waals surface area contributed by atoms with Crippen LogP contribution in [0, 0.1) is 17.8 Å². The van der Waals surface area contributed by atoms with Gasteiger partial charge in [-0.05, 0) is 50.9 Å². The van der Waals surface area contributed by atoms with Crippen molar-refractivity contribution in [1.82, 2.24) is 4.90 Å². The summed E-state index contributed by atoms with van der Waals surface area (Å²) in [5.41, 5.74) is 5.58. The van der Waals surface area contributed by atoms with Crippen molar-refractivity contribution in [1.29, 1.82) is 0 Å². The van der Waals surface area contributed by atoms with Crippen molar-refractivity contribution in [3.63, 3.8) is 0 Å². The van der Waals surface area contributed by atoms with Gasteiger partial charge in [0.25, 0.3) is 0 Å². The van der Waals surface area contributed by atoms with Gasteiger partial charge < -0.3 is 10.6 Å². The molecule has 2 aliphatic carbocycles. The number of rotatable bonds is 5. The van der Waals surface area contributed by atoms with Gasteiger partial charge >= 0.3 is 0 Å². The van der Waals surface area contributed by atoms with Crippen LogP contribution in [0.3, 0.4) is 0 Å². The fourth-order valence-corrected chi connectivity index (χ4v) is 3.83. The Hall–Kier alpha value is -0.640. The number of amides is 1. The van der Waals surface area contributed by atoms with Gasteiger partial charge in [-0.2, -0.15) is 0 Å². The van der Waals surface area contributed by atoms with Crippen LogP contribution in [0.1, 0.15) is 46.0 Å².